The van der Waals surface area contributed by atoms with Gasteiger partial charge in [-0.15, -0.1) is 0 Å². The number of carbonyl (C=O) groups excluding carboxylic acids is 1. The summed E-state index contributed by atoms with van der Waals surface area (Å²) in [7, 11) is 1.58. The number of carbonyl (C=O) groups is 1. The summed E-state index contributed by atoms with van der Waals surface area (Å²) >= 11 is 6.28. The molecule has 0 spiro atoms. The number of ether oxygens (including phenoxy) is 2. The van der Waals surface area contributed by atoms with Gasteiger partial charge in [0.2, 0.25) is 5.76 Å². The number of hydrogen-bond donors (Lipinski definition) is 0. The number of anilines is 1. The van der Waals surface area contributed by atoms with Crippen molar-refractivity contribution in [3.05, 3.63) is 98.9 Å². The molecule has 190 valence electrons. The third-order valence-corrected chi connectivity index (χ3v) is 6.86. The molecule has 1 aliphatic heterocycles. The van der Waals surface area contributed by atoms with Gasteiger partial charge in [-0.3, -0.25) is 14.5 Å². The number of nitrogens with zero attached hydrogens (tertiary/aromatic N) is 1. The highest BCUT2D eigenvalue weighted by atomic mass is 35.5. The van der Waals surface area contributed by atoms with E-state index in [0.29, 0.717) is 50.9 Å². The third-order valence-electron chi connectivity index (χ3n) is 6.62. The molecule has 0 aliphatic carbocycles. The largest absolute Gasteiger partial charge is 0.493 e. The summed E-state index contributed by atoms with van der Waals surface area (Å²) in [5.41, 5.74) is 1.68. The van der Waals surface area contributed by atoms with Gasteiger partial charge in [-0.2, -0.15) is 0 Å². The highest BCUT2D eigenvalue weighted by molar-refractivity contribution is 6.31. The number of halogens is 1. The van der Waals surface area contributed by atoms with Crippen LogP contribution in [0.4, 0.5) is 5.69 Å². The van der Waals surface area contributed by atoms with Gasteiger partial charge in [0.05, 0.1) is 30.7 Å². The van der Waals surface area contributed by atoms with Crippen LogP contribution in [-0.4, -0.2) is 19.6 Å². The minimum Gasteiger partial charge on any atom is -0.493 e. The van der Waals surface area contributed by atoms with Crippen LogP contribution in [0.25, 0.3) is 11.0 Å². The Balaban J connectivity index is 1.62. The van der Waals surface area contributed by atoms with E-state index in [1.807, 2.05) is 18.2 Å². The van der Waals surface area contributed by atoms with Crippen molar-refractivity contribution in [3.8, 4) is 11.5 Å². The van der Waals surface area contributed by atoms with Crippen molar-refractivity contribution < 1.29 is 18.7 Å². The number of hydrogen-bond acceptors (Lipinski definition) is 5. The zero-order chi connectivity index (χ0) is 25.9. The Morgan fingerprint density at radius 1 is 0.946 bits per heavy atom. The summed E-state index contributed by atoms with van der Waals surface area (Å²) in [4.78, 5) is 29.0. The molecule has 6 nitrogen and oxygen atoms in total. The molecule has 4 aromatic rings. The molecule has 0 fully saturated rings. The smallest absolute Gasteiger partial charge is 0.295 e. The van der Waals surface area contributed by atoms with Crippen LogP contribution in [0, 0.1) is 0 Å². The molecule has 7 heteroatoms. The number of methoxy groups -OCH3 is 1. The average Bonchev–Trinajstić information content (AvgIpc) is 3.21. The van der Waals surface area contributed by atoms with Crippen LogP contribution in [0.3, 0.4) is 0 Å². The van der Waals surface area contributed by atoms with E-state index in [9.17, 15) is 9.59 Å². The lowest BCUT2D eigenvalue weighted by atomic mass is 9.97. The van der Waals surface area contributed by atoms with Crippen molar-refractivity contribution in [2.24, 2.45) is 0 Å². The van der Waals surface area contributed by atoms with E-state index < -0.39 is 11.9 Å². The maximum atomic E-state index is 13.7. The minimum atomic E-state index is -0.727. The molecule has 0 bridgehead atoms. The fraction of sp³-hybridized carbons (Fsp3) is 0.267. The van der Waals surface area contributed by atoms with Crippen molar-refractivity contribution >= 4 is 34.2 Å². The second-order valence-electron chi connectivity index (χ2n) is 9.05. The van der Waals surface area contributed by atoms with Crippen LogP contribution in [-0.2, 0) is 0 Å². The normalized spacial score (nSPS) is 14.7. The van der Waals surface area contributed by atoms with Crippen LogP contribution in [0.2, 0.25) is 5.02 Å². The second-order valence-corrected chi connectivity index (χ2v) is 9.48. The van der Waals surface area contributed by atoms with E-state index in [0.717, 1.165) is 19.3 Å². The minimum absolute atomic E-state index is 0.0314. The van der Waals surface area contributed by atoms with E-state index in [4.69, 9.17) is 25.5 Å². The van der Waals surface area contributed by atoms with E-state index in [-0.39, 0.29) is 11.2 Å². The summed E-state index contributed by atoms with van der Waals surface area (Å²) in [6.07, 6.45) is 4.40. The topological polar surface area (TPSA) is 69.0 Å². The molecule has 1 unspecified atom stereocenters. The number of amides is 1. The highest BCUT2D eigenvalue weighted by Gasteiger charge is 2.44. The molecule has 0 N–H and O–H groups in total. The first-order valence-electron chi connectivity index (χ1n) is 12.5. The summed E-state index contributed by atoms with van der Waals surface area (Å²) in [5.74, 6) is 0.779. The maximum Gasteiger partial charge on any atom is 0.295 e. The number of benzene rings is 3. The molecule has 5 rings (SSSR count). The summed E-state index contributed by atoms with van der Waals surface area (Å²) < 4.78 is 17.7. The molecule has 1 atom stereocenters. The van der Waals surface area contributed by atoms with E-state index in [2.05, 4.69) is 6.92 Å². The molecule has 3 aromatic carbocycles. The molecule has 2 heterocycles. The Hall–Kier alpha value is -3.77. The van der Waals surface area contributed by atoms with E-state index in [1.165, 1.54) is 6.42 Å². The van der Waals surface area contributed by atoms with Gasteiger partial charge in [-0.25, -0.2) is 0 Å². The van der Waals surface area contributed by atoms with Crippen molar-refractivity contribution in [2.75, 3.05) is 18.6 Å². The van der Waals surface area contributed by atoms with E-state index in [1.54, 1.807) is 60.5 Å². The zero-order valence-corrected chi connectivity index (χ0v) is 21.6. The summed E-state index contributed by atoms with van der Waals surface area (Å²) in [6.45, 7) is 2.76. The molecular weight excluding hydrogens is 490 g/mol. The van der Waals surface area contributed by atoms with Gasteiger partial charge in [0.15, 0.2) is 16.9 Å². The molecule has 0 saturated carbocycles. The maximum absolute atomic E-state index is 13.7. The zero-order valence-electron chi connectivity index (χ0n) is 20.8. The molecule has 37 heavy (non-hydrogen) atoms. The van der Waals surface area contributed by atoms with Crippen molar-refractivity contribution in [2.45, 2.75) is 38.6 Å². The lowest BCUT2D eigenvalue weighted by molar-refractivity contribution is 0.0971. The van der Waals surface area contributed by atoms with Gasteiger partial charge in [0.1, 0.15) is 5.58 Å². The number of unbranched alkanes of at least 4 members (excludes halogenated alkanes) is 3. The van der Waals surface area contributed by atoms with Crippen LogP contribution in [0.5, 0.6) is 11.5 Å². The van der Waals surface area contributed by atoms with Crippen LogP contribution < -0.4 is 19.8 Å². The molecule has 0 radical (unpaired) electrons. The van der Waals surface area contributed by atoms with Gasteiger partial charge in [0, 0.05) is 10.7 Å². The van der Waals surface area contributed by atoms with Gasteiger partial charge in [0.25, 0.3) is 5.91 Å². The Labute approximate surface area is 220 Å². The lowest BCUT2D eigenvalue weighted by Crippen LogP contribution is -2.29. The Morgan fingerprint density at radius 3 is 2.57 bits per heavy atom. The van der Waals surface area contributed by atoms with E-state index >= 15 is 0 Å². The fourth-order valence-electron chi connectivity index (χ4n) is 4.81. The Kier molecular flexibility index (Phi) is 7.19. The standard InChI is InChI=1S/C30H28ClNO5/c1-3-4-5-8-16-36-24-15-14-19(17-25(24)35-2)27-26-28(33)22-12-6-7-13-23(22)37-29(26)30(34)32(27)21-11-9-10-20(31)18-21/h6-7,9-15,17-18,27H,3-5,8,16H2,1-2H3. The number of fused-ring (bicyclic) bond motifs is 2. The Bertz CT molecular complexity index is 1510. The van der Waals surface area contributed by atoms with Crippen molar-refractivity contribution in [1.29, 1.82) is 0 Å². The Morgan fingerprint density at radius 2 is 1.78 bits per heavy atom. The van der Waals surface area contributed by atoms with Gasteiger partial charge in [-0.1, -0.05) is 62.1 Å². The summed E-state index contributed by atoms with van der Waals surface area (Å²) in [5, 5.41) is 0.903. The van der Waals surface area contributed by atoms with Crippen LogP contribution in [0.15, 0.2) is 75.9 Å². The lowest BCUT2D eigenvalue weighted by Gasteiger charge is -2.26. The van der Waals surface area contributed by atoms with Gasteiger partial charge >= 0.3 is 0 Å². The average molecular weight is 518 g/mol. The van der Waals surface area contributed by atoms with Crippen molar-refractivity contribution in [3.63, 3.8) is 0 Å². The highest BCUT2D eigenvalue weighted by Crippen LogP contribution is 2.43. The third kappa shape index (κ3) is 4.69. The van der Waals surface area contributed by atoms with Gasteiger partial charge < -0.3 is 13.9 Å². The quantitative estimate of drug-likeness (QED) is 0.220. The first kappa shape index (κ1) is 24.9. The van der Waals surface area contributed by atoms with Crippen LogP contribution >= 0.6 is 11.6 Å². The molecular formula is C30H28ClNO5. The molecule has 1 amide bonds. The van der Waals surface area contributed by atoms with Crippen molar-refractivity contribution in [1.82, 2.24) is 0 Å². The summed E-state index contributed by atoms with van der Waals surface area (Å²) in [6, 6.07) is 18.7. The predicted molar refractivity (Wildman–Crippen MR) is 145 cm³/mol. The van der Waals surface area contributed by atoms with Gasteiger partial charge in [-0.05, 0) is 54.4 Å². The second kappa shape index (κ2) is 10.7. The first-order valence-corrected chi connectivity index (χ1v) is 12.9. The number of para-hydroxylation sites is 1. The monoisotopic (exact) mass is 517 g/mol. The van der Waals surface area contributed by atoms with Crippen LogP contribution in [0.1, 0.15) is 60.3 Å². The SMILES string of the molecule is CCCCCCOc1ccc(C2c3c(oc4ccccc4c3=O)C(=O)N2c2cccc(Cl)c2)cc1OC. The molecule has 1 aliphatic rings. The molecule has 0 saturated heterocycles. The number of rotatable bonds is 9. The molecule has 1 aromatic heterocycles. The fourth-order valence-corrected chi connectivity index (χ4v) is 5.00. The predicted octanol–water partition coefficient (Wildman–Crippen LogP) is 7.16. The first-order chi connectivity index (χ1) is 18.0.